The first-order valence-corrected chi connectivity index (χ1v) is 9.09. The summed E-state index contributed by atoms with van der Waals surface area (Å²) >= 11 is 0. The molecule has 1 saturated heterocycles. The summed E-state index contributed by atoms with van der Waals surface area (Å²) in [6.45, 7) is 5.22. The van der Waals surface area contributed by atoms with Gasteiger partial charge >= 0.3 is 5.97 Å². The van der Waals surface area contributed by atoms with Crippen LogP contribution in [0.2, 0.25) is 0 Å². The summed E-state index contributed by atoms with van der Waals surface area (Å²) < 4.78 is 0. The maximum absolute atomic E-state index is 12.6. The zero-order chi connectivity index (χ0) is 19.4. The third-order valence-corrected chi connectivity index (χ3v) is 4.79. The van der Waals surface area contributed by atoms with Crippen LogP contribution < -0.4 is 10.2 Å². The van der Waals surface area contributed by atoms with Gasteiger partial charge in [0.25, 0.3) is 0 Å². The van der Waals surface area contributed by atoms with E-state index in [1.165, 1.54) is 0 Å². The van der Waals surface area contributed by atoms with Crippen molar-refractivity contribution in [2.24, 2.45) is 5.92 Å². The molecule has 1 aliphatic rings. The first-order chi connectivity index (χ1) is 12.9. The van der Waals surface area contributed by atoms with Crippen LogP contribution in [0.25, 0.3) is 0 Å². The second-order valence-corrected chi connectivity index (χ2v) is 6.90. The van der Waals surface area contributed by atoms with E-state index in [0.29, 0.717) is 37.4 Å². The number of carbonyl (C=O) groups excluding carboxylic acids is 1. The predicted molar refractivity (Wildman–Crippen MR) is 101 cm³/mol. The van der Waals surface area contributed by atoms with E-state index in [1.54, 1.807) is 24.3 Å². The molecule has 1 amide bonds. The molecule has 1 aromatic heterocycles. The van der Waals surface area contributed by atoms with Crippen molar-refractivity contribution in [3.63, 3.8) is 0 Å². The number of carboxylic acids is 1. The van der Waals surface area contributed by atoms with E-state index in [0.717, 1.165) is 11.4 Å². The minimum Gasteiger partial charge on any atom is -0.479 e. The van der Waals surface area contributed by atoms with Gasteiger partial charge in [-0.3, -0.25) is 4.79 Å². The summed E-state index contributed by atoms with van der Waals surface area (Å²) in [5, 5.41) is 12.2. The molecule has 3 rings (SSSR count). The number of rotatable bonds is 5. The summed E-state index contributed by atoms with van der Waals surface area (Å²) in [5.41, 5.74) is 2.41. The van der Waals surface area contributed by atoms with Crippen LogP contribution in [0.1, 0.15) is 35.8 Å². The van der Waals surface area contributed by atoms with Gasteiger partial charge in [0.2, 0.25) is 11.9 Å². The molecule has 0 spiro atoms. The Morgan fingerprint density at radius 3 is 2.26 bits per heavy atom. The van der Waals surface area contributed by atoms with Crippen molar-refractivity contribution in [2.45, 2.75) is 32.7 Å². The number of hydrogen-bond donors (Lipinski definition) is 2. The second kappa shape index (κ2) is 8.16. The van der Waals surface area contributed by atoms with Crippen molar-refractivity contribution in [1.29, 1.82) is 0 Å². The Bertz CT molecular complexity index is 797. The van der Waals surface area contributed by atoms with Crippen molar-refractivity contribution < 1.29 is 14.7 Å². The highest BCUT2D eigenvalue weighted by Crippen LogP contribution is 2.23. The Labute approximate surface area is 158 Å². The maximum Gasteiger partial charge on any atom is 0.330 e. The van der Waals surface area contributed by atoms with Crippen LogP contribution >= 0.6 is 0 Å². The van der Waals surface area contributed by atoms with Gasteiger partial charge in [0, 0.05) is 30.4 Å². The van der Waals surface area contributed by atoms with Crippen molar-refractivity contribution in [3.8, 4) is 0 Å². The number of amides is 1. The fraction of sp³-hybridized carbons (Fsp3) is 0.400. The summed E-state index contributed by atoms with van der Waals surface area (Å²) in [7, 11) is 0. The van der Waals surface area contributed by atoms with Crippen molar-refractivity contribution in [1.82, 2.24) is 15.3 Å². The topological polar surface area (TPSA) is 95.4 Å². The molecule has 7 heteroatoms. The molecular formula is C20H24N4O3. The highest BCUT2D eigenvalue weighted by atomic mass is 16.4. The van der Waals surface area contributed by atoms with Gasteiger partial charge in [0.05, 0.1) is 0 Å². The molecule has 27 heavy (non-hydrogen) atoms. The molecule has 1 fully saturated rings. The number of nitrogens with one attached hydrogen (secondary N) is 1. The van der Waals surface area contributed by atoms with Crippen molar-refractivity contribution in [2.75, 3.05) is 18.0 Å². The van der Waals surface area contributed by atoms with E-state index in [-0.39, 0.29) is 11.8 Å². The molecule has 0 bridgehead atoms. The summed E-state index contributed by atoms with van der Waals surface area (Å²) in [5.74, 6) is -0.792. The van der Waals surface area contributed by atoms with Gasteiger partial charge in [-0.1, -0.05) is 30.3 Å². The van der Waals surface area contributed by atoms with Gasteiger partial charge in [-0.15, -0.1) is 0 Å². The number of benzene rings is 1. The standard InChI is InChI=1S/C20H24N4O3/c1-13-12-14(2)22-20(21-13)24-10-8-16(9-11-24)18(25)23-17(19(26)27)15-6-4-3-5-7-15/h3-7,12,16-17H,8-11H2,1-2H3,(H,23,25)(H,26,27). The smallest absolute Gasteiger partial charge is 0.330 e. The van der Waals surface area contributed by atoms with Crippen LogP contribution in [0, 0.1) is 19.8 Å². The van der Waals surface area contributed by atoms with Gasteiger partial charge in [-0.25, -0.2) is 14.8 Å². The van der Waals surface area contributed by atoms with E-state index < -0.39 is 12.0 Å². The number of nitrogens with zero attached hydrogens (tertiary/aromatic N) is 3. The Kier molecular flexibility index (Phi) is 5.69. The van der Waals surface area contributed by atoms with Gasteiger partial charge in [0.15, 0.2) is 6.04 Å². The van der Waals surface area contributed by atoms with Crippen LogP contribution in [-0.4, -0.2) is 40.0 Å². The number of aliphatic carboxylic acids is 1. The largest absolute Gasteiger partial charge is 0.479 e. The maximum atomic E-state index is 12.6. The number of anilines is 1. The molecule has 2 N–H and O–H groups in total. The molecule has 1 aromatic carbocycles. The lowest BCUT2D eigenvalue weighted by Crippen LogP contribution is -2.43. The van der Waals surface area contributed by atoms with Gasteiger partial charge in [0.1, 0.15) is 0 Å². The van der Waals surface area contributed by atoms with Gasteiger partial charge in [-0.05, 0) is 38.3 Å². The third kappa shape index (κ3) is 4.61. The minimum absolute atomic E-state index is 0.210. The normalized spacial score (nSPS) is 16.0. The molecule has 2 aromatic rings. The molecule has 142 valence electrons. The van der Waals surface area contributed by atoms with Gasteiger partial charge in [-0.2, -0.15) is 0 Å². The van der Waals surface area contributed by atoms with Crippen LogP contribution in [0.4, 0.5) is 5.95 Å². The minimum atomic E-state index is -1.06. The number of piperidine rings is 1. The molecular weight excluding hydrogens is 344 g/mol. The molecule has 0 radical (unpaired) electrons. The zero-order valence-corrected chi connectivity index (χ0v) is 15.6. The van der Waals surface area contributed by atoms with Crippen LogP contribution in [-0.2, 0) is 9.59 Å². The number of hydrogen-bond acceptors (Lipinski definition) is 5. The van der Waals surface area contributed by atoms with E-state index in [9.17, 15) is 14.7 Å². The van der Waals surface area contributed by atoms with Crippen LogP contribution in [0.5, 0.6) is 0 Å². The Morgan fingerprint density at radius 2 is 1.70 bits per heavy atom. The molecule has 1 aliphatic heterocycles. The Balaban J connectivity index is 1.61. The van der Waals surface area contributed by atoms with E-state index in [1.807, 2.05) is 26.0 Å². The first kappa shape index (κ1) is 18.8. The lowest BCUT2D eigenvalue weighted by molar-refractivity contribution is -0.142. The number of carboxylic acid groups (broad SMARTS) is 1. The molecule has 7 nitrogen and oxygen atoms in total. The second-order valence-electron chi connectivity index (χ2n) is 6.90. The Morgan fingerprint density at radius 1 is 1.11 bits per heavy atom. The molecule has 2 heterocycles. The first-order valence-electron chi connectivity index (χ1n) is 9.09. The molecule has 0 aliphatic carbocycles. The summed E-state index contributed by atoms with van der Waals surface area (Å²) in [6.07, 6.45) is 1.28. The van der Waals surface area contributed by atoms with Crippen molar-refractivity contribution >= 4 is 17.8 Å². The molecule has 1 atom stereocenters. The highest BCUT2D eigenvalue weighted by molar-refractivity contribution is 5.86. The number of carbonyl (C=O) groups is 2. The van der Waals surface area contributed by atoms with Gasteiger partial charge < -0.3 is 15.3 Å². The SMILES string of the molecule is Cc1cc(C)nc(N2CCC(C(=O)NC(C(=O)O)c3ccccc3)CC2)n1. The summed E-state index contributed by atoms with van der Waals surface area (Å²) in [6, 6.07) is 9.66. The molecule has 0 saturated carbocycles. The lowest BCUT2D eigenvalue weighted by Gasteiger charge is -2.32. The Hall–Kier alpha value is -2.96. The molecule has 1 unspecified atom stereocenters. The predicted octanol–water partition coefficient (Wildman–Crippen LogP) is 2.25. The van der Waals surface area contributed by atoms with E-state index in [4.69, 9.17) is 0 Å². The zero-order valence-electron chi connectivity index (χ0n) is 15.6. The monoisotopic (exact) mass is 368 g/mol. The fourth-order valence-corrected chi connectivity index (χ4v) is 3.38. The average Bonchev–Trinajstić information content (AvgIpc) is 2.65. The highest BCUT2D eigenvalue weighted by Gasteiger charge is 2.30. The number of aromatic nitrogens is 2. The fourth-order valence-electron chi connectivity index (χ4n) is 3.38. The third-order valence-electron chi connectivity index (χ3n) is 4.79. The van der Waals surface area contributed by atoms with Crippen LogP contribution in [0.3, 0.4) is 0 Å². The quantitative estimate of drug-likeness (QED) is 0.840. The van der Waals surface area contributed by atoms with Crippen molar-refractivity contribution in [3.05, 3.63) is 53.3 Å². The van der Waals surface area contributed by atoms with E-state index >= 15 is 0 Å². The van der Waals surface area contributed by atoms with Crippen LogP contribution in [0.15, 0.2) is 36.4 Å². The number of aryl methyl sites for hydroxylation is 2. The summed E-state index contributed by atoms with van der Waals surface area (Å²) in [4.78, 5) is 35.2. The van der Waals surface area contributed by atoms with E-state index in [2.05, 4.69) is 20.2 Å². The average molecular weight is 368 g/mol. The lowest BCUT2D eigenvalue weighted by atomic mass is 9.95.